The Hall–Kier alpha value is -3.62. The SMILES string of the molecule is CCc1nocc1C(=O)N[C@H](C(=O)Nc1ccc(-c2ncncc2C)cn1)[C@H]1CC[C@H](C)CC1. The molecular formula is C25H30N6O3. The second-order valence-corrected chi connectivity index (χ2v) is 8.98. The maximum Gasteiger partial charge on any atom is 0.257 e. The standard InChI is InChI=1S/C25H30N6O3/c1-4-20-19(13-34-31-20)24(32)30-23(17-7-5-15(2)6-8-17)25(33)29-21-10-9-18(12-27-21)22-16(3)11-26-14-28-22/h9-15,17,23H,4-8H2,1-3H3,(H,30,32)(H,27,29,33)/t15-,17-,23-/m0/s1. The van der Waals surface area contributed by atoms with E-state index in [1.165, 1.54) is 12.6 Å². The van der Waals surface area contributed by atoms with Gasteiger partial charge in [-0.3, -0.25) is 9.59 Å². The zero-order chi connectivity index (χ0) is 24.1. The lowest BCUT2D eigenvalue weighted by Gasteiger charge is -2.32. The predicted octanol–water partition coefficient (Wildman–Crippen LogP) is 3.96. The Bertz CT molecular complexity index is 1140. The van der Waals surface area contributed by atoms with Crippen molar-refractivity contribution in [3.05, 3.63) is 53.9 Å². The molecule has 0 spiro atoms. The lowest BCUT2D eigenvalue weighted by atomic mass is 9.79. The van der Waals surface area contributed by atoms with Gasteiger partial charge < -0.3 is 15.2 Å². The molecule has 3 heterocycles. The maximum absolute atomic E-state index is 13.3. The summed E-state index contributed by atoms with van der Waals surface area (Å²) in [5, 5.41) is 9.72. The lowest BCUT2D eigenvalue weighted by molar-refractivity contribution is -0.119. The molecule has 0 bridgehead atoms. The molecule has 2 N–H and O–H groups in total. The van der Waals surface area contributed by atoms with Gasteiger partial charge in [-0.1, -0.05) is 31.8 Å². The van der Waals surface area contributed by atoms with Gasteiger partial charge in [0.05, 0.1) is 11.4 Å². The first-order chi connectivity index (χ1) is 16.5. The average molecular weight is 463 g/mol. The first-order valence-electron chi connectivity index (χ1n) is 11.7. The van der Waals surface area contributed by atoms with Crippen molar-refractivity contribution >= 4 is 17.6 Å². The number of carbonyl (C=O) groups excluding carboxylic acids is 2. The van der Waals surface area contributed by atoms with E-state index in [9.17, 15) is 9.59 Å². The van der Waals surface area contributed by atoms with Crippen molar-refractivity contribution in [3.63, 3.8) is 0 Å². The van der Waals surface area contributed by atoms with E-state index in [4.69, 9.17) is 4.52 Å². The summed E-state index contributed by atoms with van der Waals surface area (Å²) >= 11 is 0. The quantitative estimate of drug-likeness (QED) is 0.545. The molecule has 1 aliphatic rings. The Labute approximate surface area is 198 Å². The van der Waals surface area contributed by atoms with Gasteiger partial charge in [-0.15, -0.1) is 0 Å². The van der Waals surface area contributed by atoms with Gasteiger partial charge in [-0.05, 0) is 55.7 Å². The van der Waals surface area contributed by atoms with Crippen LogP contribution >= 0.6 is 0 Å². The second kappa shape index (κ2) is 10.5. The lowest BCUT2D eigenvalue weighted by Crippen LogP contribution is -2.49. The third kappa shape index (κ3) is 5.30. The number of pyridine rings is 1. The van der Waals surface area contributed by atoms with E-state index < -0.39 is 6.04 Å². The maximum atomic E-state index is 13.3. The van der Waals surface area contributed by atoms with E-state index in [0.717, 1.165) is 42.5 Å². The molecule has 2 amide bonds. The van der Waals surface area contributed by atoms with Crippen molar-refractivity contribution < 1.29 is 14.1 Å². The van der Waals surface area contributed by atoms with Crippen LogP contribution in [0, 0.1) is 18.8 Å². The van der Waals surface area contributed by atoms with Crippen molar-refractivity contribution in [3.8, 4) is 11.3 Å². The number of hydrogen-bond acceptors (Lipinski definition) is 7. The highest BCUT2D eigenvalue weighted by Crippen LogP contribution is 2.31. The van der Waals surface area contributed by atoms with E-state index in [1.54, 1.807) is 18.5 Å². The topological polar surface area (TPSA) is 123 Å². The van der Waals surface area contributed by atoms with Crippen molar-refractivity contribution in [2.24, 2.45) is 11.8 Å². The van der Waals surface area contributed by atoms with Gasteiger partial charge in [0, 0.05) is 18.0 Å². The summed E-state index contributed by atoms with van der Waals surface area (Å²) in [7, 11) is 0. The molecular weight excluding hydrogens is 432 g/mol. The smallest absolute Gasteiger partial charge is 0.257 e. The van der Waals surface area contributed by atoms with Crippen molar-refractivity contribution in [1.29, 1.82) is 0 Å². The number of nitrogens with zero attached hydrogens (tertiary/aromatic N) is 4. The van der Waals surface area contributed by atoms with Crippen LogP contribution in [0.15, 0.2) is 41.6 Å². The zero-order valence-corrected chi connectivity index (χ0v) is 19.7. The minimum absolute atomic E-state index is 0.0491. The van der Waals surface area contributed by atoms with Gasteiger partial charge in [0.1, 0.15) is 30.0 Å². The summed E-state index contributed by atoms with van der Waals surface area (Å²) < 4.78 is 4.98. The summed E-state index contributed by atoms with van der Waals surface area (Å²) in [6, 6.07) is 2.93. The van der Waals surface area contributed by atoms with Crippen LogP contribution < -0.4 is 10.6 Å². The third-order valence-corrected chi connectivity index (χ3v) is 6.51. The Kier molecular flexibility index (Phi) is 7.30. The molecule has 0 aliphatic heterocycles. The van der Waals surface area contributed by atoms with Gasteiger partial charge in [0.15, 0.2) is 0 Å². The number of anilines is 1. The Balaban J connectivity index is 1.51. The number of rotatable bonds is 7. The molecule has 9 nitrogen and oxygen atoms in total. The van der Waals surface area contributed by atoms with Crippen LogP contribution in [-0.2, 0) is 11.2 Å². The fourth-order valence-electron chi connectivity index (χ4n) is 4.45. The fraction of sp³-hybridized carbons (Fsp3) is 0.440. The molecule has 4 rings (SSSR count). The van der Waals surface area contributed by atoms with Crippen molar-refractivity contribution in [1.82, 2.24) is 25.4 Å². The van der Waals surface area contributed by atoms with Gasteiger partial charge in [0.2, 0.25) is 5.91 Å². The van der Waals surface area contributed by atoms with E-state index >= 15 is 0 Å². The molecule has 0 unspecified atom stereocenters. The highest BCUT2D eigenvalue weighted by Gasteiger charge is 2.33. The second-order valence-electron chi connectivity index (χ2n) is 8.98. The van der Waals surface area contributed by atoms with E-state index in [0.29, 0.717) is 29.4 Å². The van der Waals surface area contributed by atoms with Crippen LogP contribution in [0.3, 0.4) is 0 Å². The molecule has 178 valence electrons. The van der Waals surface area contributed by atoms with Crippen molar-refractivity contribution in [2.45, 2.75) is 58.9 Å². The molecule has 1 saturated carbocycles. The first-order valence-corrected chi connectivity index (χ1v) is 11.7. The number of hydrogen-bond donors (Lipinski definition) is 2. The molecule has 0 saturated heterocycles. The number of aryl methyl sites for hydroxylation is 2. The number of aromatic nitrogens is 4. The predicted molar refractivity (Wildman–Crippen MR) is 127 cm³/mol. The van der Waals surface area contributed by atoms with E-state index in [2.05, 4.69) is 37.7 Å². The minimum atomic E-state index is -0.676. The van der Waals surface area contributed by atoms with E-state index in [-0.39, 0.29) is 17.7 Å². The summed E-state index contributed by atoms with van der Waals surface area (Å²) in [6.07, 6.45) is 10.6. The van der Waals surface area contributed by atoms with Crippen LogP contribution in [0.4, 0.5) is 5.82 Å². The largest absolute Gasteiger partial charge is 0.364 e. The summed E-state index contributed by atoms with van der Waals surface area (Å²) in [6.45, 7) is 6.06. The van der Waals surface area contributed by atoms with Gasteiger partial charge in [0.25, 0.3) is 5.91 Å². The summed E-state index contributed by atoms with van der Waals surface area (Å²) in [4.78, 5) is 39.0. The third-order valence-electron chi connectivity index (χ3n) is 6.51. The molecule has 3 aromatic rings. The molecule has 3 aromatic heterocycles. The molecule has 1 aliphatic carbocycles. The van der Waals surface area contributed by atoms with Crippen LogP contribution in [0.1, 0.15) is 61.1 Å². The summed E-state index contributed by atoms with van der Waals surface area (Å²) in [5.74, 6) is 0.469. The monoisotopic (exact) mass is 462 g/mol. The fourth-order valence-corrected chi connectivity index (χ4v) is 4.45. The number of amides is 2. The molecule has 0 radical (unpaired) electrons. The normalized spacial score (nSPS) is 18.8. The molecule has 1 fully saturated rings. The van der Waals surface area contributed by atoms with Gasteiger partial charge >= 0.3 is 0 Å². The van der Waals surface area contributed by atoms with Gasteiger partial charge in [-0.2, -0.15) is 0 Å². The molecule has 34 heavy (non-hydrogen) atoms. The first kappa shape index (κ1) is 23.5. The minimum Gasteiger partial charge on any atom is -0.364 e. The highest BCUT2D eigenvalue weighted by molar-refractivity contribution is 6.01. The zero-order valence-electron chi connectivity index (χ0n) is 19.7. The average Bonchev–Trinajstić information content (AvgIpc) is 3.33. The summed E-state index contributed by atoms with van der Waals surface area (Å²) in [5.41, 5.74) is 3.51. The Morgan fingerprint density at radius 3 is 2.62 bits per heavy atom. The number of carbonyl (C=O) groups is 2. The Morgan fingerprint density at radius 1 is 1.15 bits per heavy atom. The highest BCUT2D eigenvalue weighted by atomic mass is 16.5. The van der Waals surface area contributed by atoms with Crippen molar-refractivity contribution in [2.75, 3.05) is 5.32 Å². The van der Waals surface area contributed by atoms with Crippen LogP contribution in [0.5, 0.6) is 0 Å². The van der Waals surface area contributed by atoms with E-state index in [1.807, 2.05) is 19.9 Å². The van der Waals surface area contributed by atoms with Gasteiger partial charge in [-0.25, -0.2) is 15.0 Å². The number of nitrogens with one attached hydrogen (secondary N) is 2. The van der Waals surface area contributed by atoms with Crippen LogP contribution in [0.25, 0.3) is 11.3 Å². The molecule has 0 aromatic carbocycles. The van der Waals surface area contributed by atoms with Crippen LogP contribution in [0.2, 0.25) is 0 Å². The molecule has 1 atom stereocenters. The van der Waals surface area contributed by atoms with Crippen LogP contribution in [-0.4, -0.2) is 38.0 Å². The Morgan fingerprint density at radius 2 is 1.94 bits per heavy atom. The molecule has 9 heteroatoms.